The van der Waals surface area contributed by atoms with Gasteiger partial charge in [-0.2, -0.15) is 0 Å². The Morgan fingerprint density at radius 1 is 1.04 bits per heavy atom. The summed E-state index contributed by atoms with van der Waals surface area (Å²) in [6, 6.07) is 10.5. The van der Waals surface area contributed by atoms with Gasteiger partial charge in [-0.1, -0.05) is 36.8 Å². The summed E-state index contributed by atoms with van der Waals surface area (Å²) in [6.07, 6.45) is 3.89. The van der Waals surface area contributed by atoms with Crippen LogP contribution in [0.2, 0.25) is 0 Å². The van der Waals surface area contributed by atoms with Crippen LogP contribution in [0.15, 0.2) is 30.3 Å². The van der Waals surface area contributed by atoms with Gasteiger partial charge in [0, 0.05) is 44.2 Å². The third-order valence-electron chi connectivity index (χ3n) is 5.88. The summed E-state index contributed by atoms with van der Waals surface area (Å²) in [5.41, 5.74) is 1.03. The Hall–Kier alpha value is -2.21. The summed E-state index contributed by atoms with van der Waals surface area (Å²) in [4.78, 5) is 17.9. The van der Waals surface area contributed by atoms with Gasteiger partial charge in [-0.25, -0.2) is 0 Å². The van der Waals surface area contributed by atoms with Crippen molar-refractivity contribution in [2.24, 2.45) is 0 Å². The van der Waals surface area contributed by atoms with E-state index < -0.39 is 0 Å². The highest BCUT2D eigenvalue weighted by atomic mass is 16.2. The molecule has 1 aromatic carbocycles. The molecule has 0 N–H and O–H groups in total. The van der Waals surface area contributed by atoms with Crippen molar-refractivity contribution in [2.75, 3.05) is 26.2 Å². The Kier molecular flexibility index (Phi) is 5.25. The number of benzene rings is 1. The highest BCUT2D eigenvalue weighted by Gasteiger charge is 2.33. The van der Waals surface area contributed by atoms with Gasteiger partial charge in [-0.15, -0.1) is 10.2 Å². The van der Waals surface area contributed by atoms with Crippen molar-refractivity contribution >= 4 is 5.91 Å². The molecule has 6 nitrogen and oxygen atoms in total. The number of fused-ring (bicyclic) bond motifs is 1. The van der Waals surface area contributed by atoms with Crippen LogP contribution in [0, 0.1) is 0 Å². The van der Waals surface area contributed by atoms with E-state index in [-0.39, 0.29) is 11.9 Å². The largest absolute Gasteiger partial charge is 0.338 e. The number of nitrogens with zero attached hydrogens (tertiary/aromatic N) is 5. The summed E-state index contributed by atoms with van der Waals surface area (Å²) >= 11 is 0. The van der Waals surface area contributed by atoms with Crippen LogP contribution in [0.3, 0.4) is 0 Å². The van der Waals surface area contributed by atoms with E-state index in [9.17, 15) is 4.79 Å². The van der Waals surface area contributed by atoms with Gasteiger partial charge in [0.15, 0.2) is 5.82 Å². The van der Waals surface area contributed by atoms with Gasteiger partial charge in [-0.3, -0.25) is 14.3 Å². The van der Waals surface area contributed by atoms with Gasteiger partial charge >= 0.3 is 0 Å². The Morgan fingerprint density at radius 3 is 2.48 bits per heavy atom. The minimum atomic E-state index is -0.182. The molecule has 1 atom stereocenters. The monoisotopic (exact) mass is 367 g/mol. The zero-order valence-electron chi connectivity index (χ0n) is 16.3. The maximum Gasteiger partial charge on any atom is 0.245 e. The van der Waals surface area contributed by atoms with Crippen LogP contribution in [0.4, 0.5) is 0 Å². The van der Waals surface area contributed by atoms with Crippen molar-refractivity contribution in [3.05, 3.63) is 36.2 Å². The standard InChI is InChI=1S/C21H29N5O/c1-16(2)24-12-14-25(15-13-24)21(27)18-10-6-7-11-19-22-23-20(26(18)19)17-8-4-3-5-9-17/h3-5,8-9,16,18H,6-7,10-15H2,1-2H3. The van der Waals surface area contributed by atoms with Gasteiger partial charge in [-0.05, 0) is 26.7 Å². The predicted molar refractivity (Wildman–Crippen MR) is 105 cm³/mol. The number of hydrogen-bond donors (Lipinski definition) is 0. The second kappa shape index (κ2) is 7.80. The fraction of sp³-hybridized carbons (Fsp3) is 0.571. The Balaban J connectivity index is 1.61. The fourth-order valence-electron chi connectivity index (χ4n) is 4.26. The maximum atomic E-state index is 13.5. The molecule has 0 aliphatic carbocycles. The molecule has 1 unspecified atom stereocenters. The van der Waals surface area contributed by atoms with Gasteiger partial charge in [0.05, 0.1) is 0 Å². The average Bonchev–Trinajstić information content (AvgIpc) is 3.01. The fourth-order valence-corrected chi connectivity index (χ4v) is 4.26. The number of carbonyl (C=O) groups is 1. The second-order valence-corrected chi connectivity index (χ2v) is 7.89. The summed E-state index contributed by atoms with van der Waals surface area (Å²) < 4.78 is 2.12. The summed E-state index contributed by atoms with van der Waals surface area (Å²) in [5, 5.41) is 8.90. The summed E-state index contributed by atoms with van der Waals surface area (Å²) in [6.45, 7) is 7.97. The first-order valence-electron chi connectivity index (χ1n) is 10.2. The smallest absolute Gasteiger partial charge is 0.245 e. The molecule has 2 aliphatic heterocycles. The summed E-state index contributed by atoms with van der Waals surface area (Å²) in [7, 11) is 0. The first-order valence-corrected chi connectivity index (χ1v) is 10.2. The molecule has 0 bridgehead atoms. The van der Waals surface area contributed by atoms with E-state index in [0.29, 0.717) is 6.04 Å². The number of aryl methyl sites for hydroxylation is 1. The molecule has 4 rings (SSSR count). The van der Waals surface area contributed by atoms with Crippen molar-refractivity contribution in [3.63, 3.8) is 0 Å². The third kappa shape index (κ3) is 3.63. The first kappa shape index (κ1) is 18.2. The molecule has 3 heterocycles. The van der Waals surface area contributed by atoms with E-state index in [4.69, 9.17) is 0 Å². The van der Waals surface area contributed by atoms with E-state index in [1.54, 1.807) is 0 Å². The van der Waals surface area contributed by atoms with Gasteiger partial charge in [0.25, 0.3) is 0 Å². The number of piperazine rings is 1. The molecule has 2 aliphatic rings. The normalized spacial score (nSPS) is 21.1. The van der Waals surface area contributed by atoms with Gasteiger partial charge in [0.2, 0.25) is 5.91 Å². The molecule has 0 radical (unpaired) electrons. The Morgan fingerprint density at radius 2 is 1.78 bits per heavy atom. The van der Waals surface area contributed by atoms with E-state index in [1.165, 1.54) is 0 Å². The number of hydrogen-bond acceptors (Lipinski definition) is 4. The molecule has 2 aromatic rings. The molecule has 1 amide bonds. The Labute approximate surface area is 161 Å². The molecule has 1 saturated heterocycles. The van der Waals surface area contributed by atoms with Crippen molar-refractivity contribution in [1.82, 2.24) is 24.6 Å². The topological polar surface area (TPSA) is 54.3 Å². The van der Waals surface area contributed by atoms with E-state index in [0.717, 1.165) is 69.1 Å². The molecule has 144 valence electrons. The van der Waals surface area contributed by atoms with Crippen LogP contribution < -0.4 is 0 Å². The minimum Gasteiger partial charge on any atom is -0.338 e. The minimum absolute atomic E-state index is 0.182. The average molecular weight is 367 g/mol. The van der Waals surface area contributed by atoms with Crippen LogP contribution in [0.1, 0.15) is 45.0 Å². The van der Waals surface area contributed by atoms with E-state index in [2.05, 4.69) is 33.5 Å². The van der Waals surface area contributed by atoms with E-state index >= 15 is 0 Å². The molecule has 1 aromatic heterocycles. The molecule has 27 heavy (non-hydrogen) atoms. The molecule has 6 heteroatoms. The summed E-state index contributed by atoms with van der Waals surface area (Å²) in [5.74, 6) is 2.01. The van der Waals surface area contributed by atoms with Crippen molar-refractivity contribution in [3.8, 4) is 11.4 Å². The lowest BCUT2D eigenvalue weighted by molar-refractivity contribution is -0.137. The lowest BCUT2D eigenvalue weighted by Crippen LogP contribution is -2.52. The molecule has 0 spiro atoms. The maximum absolute atomic E-state index is 13.5. The van der Waals surface area contributed by atoms with Crippen LogP contribution >= 0.6 is 0 Å². The molecule has 1 fully saturated rings. The first-order chi connectivity index (χ1) is 13.1. The number of rotatable bonds is 3. The van der Waals surface area contributed by atoms with Gasteiger partial charge in [0.1, 0.15) is 11.9 Å². The second-order valence-electron chi connectivity index (χ2n) is 7.89. The van der Waals surface area contributed by atoms with E-state index in [1.807, 2.05) is 35.2 Å². The molecular formula is C21H29N5O. The van der Waals surface area contributed by atoms with Crippen LogP contribution in [-0.2, 0) is 11.2 Å². The predicted octanol–water partition coefficient (Wildman–Crippen LogP) is 2.77. The molecular weight excluding hydrogens is 338 g/mol. The Bertz CT molecular complexity index is 777. The molecule has 0 saturated carbocycles. The van der Waals surface area contributed by atoms with Crippen LogP contribution in [-0.4, -0.2) is 62.7 Å². The highest BCUT2D eigenvalue weighted by molar-refractivity contribution is 5.81. The third-order valence-corrected chi connectivity index (χ3v) is 5.88. The van der Waals surface area contributed by atoms with Gasteiger partial charge < -0.3 is 4.90 Å². The number of amides is 1. The lowest BCUT2D eigenvalue weighted by atomic mass is 10.1. The van der Waals surface area contributed by atoms with Crippen molar-refractivity contribution in [1.29, 1.82) is 0 Å². The van der Waals surface area contributed by atoms with Crippen molar-refractivity contribution in [2.45, 2.75) is 51.6 Å². The SMILES string of the molecule is CC(C)N1CCN(C(=O)C2CCCCc3nnc(-c4ccccc4)n32)CC1. The lowest BCUT2D eigenvalue weighted by Gasteiger charge is -2.38. The van der Waals surface area contributed by atoms with Crippen molar-refractivity contribution < 1.29 is 4.79 Å². The number of carbonyl (C=O) groups excluding carboxylic acids is 1. The number of aromatic nitrogens is 3. The van der Waals surface area contributed by atoms with Crippen LogP contribution in [0.5, 0.6) is 0 Å². The quantitative estimate of drug-likeness (QED) is 0.837. The zero-order valence-corrected chi connectivity index (χ0v) is 16.3. The zero-order chi connectivity index (χ0) is 18.8. The highest BCUT2D eigenvalue weighted by Crippen LogP contribution is 2.31. The van der Waals surface area contributed by atoms with Crippen LogP contribution in [0.25, 0.3) is 11.4 Å².